The summed E-state index contributed by atoms with van der Waals surface area (Å²) in [7, 11) is 0. The first-order chi connectivity index (χ1) is 15.1. The molecule has 0 aliphatic carbocycles. The van der Waals surface area contributed by atoms with Gasteiger partial charge in [-0.1, -0.05) is 72.8 Å². The van der Waals surface area contributed by atoms with Crippen molar-refractivity contribution in [2.24, 2.45) is 0 Å². The van der Waals surface area contributed by atoms with Crippen LogP contribution in [0, 0.1) is 6.92 Å². The average Bonchev–Trinajstić information content (AvgIpc) is 3.27. The van der Waals surface area contributed by atoms with Crippen LogP contribution in [0.25, 0.3) is 22.4 Å². The Morgan fingerprint density at radius 3 is 2.26 bits per heavy atom. The maximum atomic E-state index is 12.2. The first kappa shape index (κ1) is 20.5. The van der Waals surface area contributed by atoms with Gasteiger partial charge in [0.2, 0.25) is 0 Å². The zero-order valence-corrected chi connectivity index (χ0v) is 17.7. The van der Waals surface area contributed by atoms with Crippen molar-refractivity contribution in [2.75, 3.05) is 11.9 Å². The van der Waals surface area contributed by atoms with Gasteiger partial charge in [-0.2, -0.15) is 0 Å². The number of benzene rings is 3. The summed E-state index contributed by atoms with van der Waals surface area (Å²) in [6.07, 6.45) is 0. The quantitative estimate of drug-likeness (QED) is 0.407. The number of nitrogens with one attached hydrogen (secondary N) is 1. The molecule has 0 aliphatic rings. The van der Waals surface area contributed by atoms with Crippen molar-refractivity contribution in [1.82, 2.24) is 4.98 Å². The zero-order valence-electron chi connectivity index (χ0n) is 16.9. The Bertz CT molecular complexity index is 1200. The molecule has 0 saturated heterocycles. The van der Waals surface area contributed by atoms with E-state index in [-0.39, 0.29) is 6.61 Å². The lowest BCUT2D eigenvalue weighted by molar-refractivity contribution is -0.119. The van der Waals surface area contributed by atoms with Crippen LogP contribution in [0.1, 0.15) is 15.9 Å². The number of anilines is 1. The summed E-state index contributed by atoms with van der Waals surface area (Å²) in [5, 5.41) is 5.02. The van der Waals surface area contributed by atoms with Crippen LogP contribution >= 0.6 is 11.3 Å². The van der Waals surface area contributed by atoms with E-state index >= 15 is 0 Å². The molecule has 3 aromatic carbocycles. The number of amides is 1. The highest BCUT2D eigenvalue weighted by molar-refractivity contribution is 7.14. The van der Waals surface area contributed by atoms with Crippen molar-refractivity contribution in [3.63, 3.8) is 0 Å². The Morgan fingerprint density at radius 1 is 0.871 bits per heavy atom. The summed E-state index contributed by atoms with van der Waals surface area (Å²) in [6, 6.07) is 25.4. The maximum absolute atomic E-state index is 12.2. The monoisotopic (exact) mass is 428 g/mol. The van der Waals surface area contributed by atoms with Crippen LogP contribution in [-0.4, -0.2) is 23.5 Å². The van der Waals surface area contributed by atoms with Crippen LogP contribution in [0.2, 0.25) is 0 Å². The van der Waals surface area contributed by atoms with Crippen LogP contribution in [0.4, 0.5) is 5.13 Å². The molecule has 0 spiro atoms. The molecule has 1 heterocycles. The summed E-state index contributed by atoms with van der Waals surface area (Å²) in [5.41, 5.74) is 5.27. The molecule has 0 aliphatic heterocycles. The molecule has 5 nitrogen and oxygen atoms in total. The van der Waals surface area contributed by atoms with Gasteiger partial charge < -0.3 is 4.74 Å². The molecule has 0 saturated carbocycles. The Hall–Kier alpha value is -3.77. The summed E-state index contributed by atoms with van der Waals surface area (Å²) in [5.74, 6) is -0.950. The van der Waals surface area contributed by atoms with E-state index in [0.29, 0.717) is 10.7 Å². The van der Waals surface area contributed by atoms with Crippen LogP contribution in [-0.2, 0) is 9.53 Å². The van der Waals surface area contributed by atoms with Crippen LogP contribution in [0.15, 0.2) is 84.2 Å². The number of aryl methyl sites for hydroxylation is 1. The highest BCUT2D eigenvalue weighted by Crippen LogP contribution is 2.27. The highest BCUT2D eigenvalue weighted by Gasteiger charge is 2.13. The van der Waals surface area contributed by atoms with Gasteiger partial charge in [-0.15, -0.1) is 11.3 Å². The maximum Gasteiger partial charge on any atom is 0.338 e. The van der Waals surface area contributed by atoms with E-state index in [2.05, 4.69) is 22.4 Å². The van der Waals surface area contributed by atoms with Gasteiger partial charge in [0.05, 0.1) is 11.3 Å². The fourth-order valence-corrected chi connectivity index (χ4v) is 3.83. The molecule has 154 valence electrons. The summed E-state index contributed by atoms with van der Waals surface area (Å²) in [6.45, 7) is 1.45. The lowest BCUT2D eigenvalue weighted by Crippen LogP contribution is -2.21. The van der Waals surface area contributed by atoms with Gasteiger partial charge in [-0.25, -0.2) is 9.78 Å². The van der Waals surface area contributed by atoms with Crippen molar-refractivity contribution < 1.29 is 14.3 Å². The summed E-state index contributed by atoms with van der Waals surface area (Å²) in [4.78, 5) is 28.8. The number of aromatic nitrogens is 1. The fourth-order valence-electron chi connectivity index (χ4n) is 3.09. The Balaban J connectivity index is 1.35. The van der Waals surface area contributed by atoms with Crippen LogP contribution < -0.4 is 5.32 Å². The number of hydrogen-bond donors (Lipinski definition) is 1. The molecular weight excluding hydrogens is 408 g/mol. The average molecular weight is 429 g/mol. The van der Waals surface area contributed by atoms with Gasteiger partial charge in [-0.05, 0) is 29.7 Å². The van der Waals surface area contributed by atoms with Gasteiger partial charge in [0, 0.05) is 10.9 Å². The zero-order chi connectivity index (χ0) is 21.6. The minimum Gasteiger partial charge on any atom is -0.452 e. The second-order valence-corrected chi connectivity index (χ2v) is 7.78. The SMILES string of the molecule is Cc1ccccc1C(=O)OCC(=O)Nc1nc(-c2ccc(-c3ccccc3)cc2)cs1. The van der Waals surface area contributed by atoms with Gasteiger partial charge in [0.1, 0.15) is 0 Å². The lowest BCUT2D eigenvalue weighted by Gasteiger charge is -2.06. The van der Waals surface area contributed by atoms with E-state index in [9.17, 15) is 9.59 Å². The number of hydrogen-bond acceptors (Lipinski definition) is 5. The van der Waals surface area contributed by atoms with E-state index in [4.69, 9.17) is 4.74 Å². The van der Waals surface area contributed by atoms with Gasteiger partial charge in [0.15, 0.2) is 11.7 Å². The molecule has 0 radical (unpaired) electrons. The molecule has 4 aromatic rings. The highest BCUT2D eigenvalue weighted by atomic mass is 32.1. The largest absolute Gasteiger partial charge is 0.452 e. The minimum atomic E-state index is -0.522. The number of ether oxygens (including phenoxy) is 1. The number of thiazole rings is 1. The van der Waals surface area contributed by atoms with E-state index in [1.807, 2.05) is 66.9 Å². The van der Waals surface area contributed by atoms with E-state index in [1.165, 1.54) is 11.3 Å². The predicted molar refractivity (Wildman–Crippen MR) is 123 cm³/mol. The van der Waals surface area contributed by atoms with Crippen molar-refractivity contribution in [3.05, 3.63) is 95.4 Å². The molecule has 0 unspecified atom stereocenters. The van der Waals surface area contributed by atoms with Crippen molar-refractivity contribution >= 4 is 28.3 Å². The van der Waals surface area contributed by atoms with E-state index < -0.39 is 11.9 Å². The Kier molecular flexibility index (Phi) is 6.19. The fraction of sp³-hybridized carbons (Fsp3) is 0.0800. The van der Waals surface area contributed by atoms with Crippen LogP contribution in [0.3, 0.4) is 0 Å². The third-order valence-corrected chi connectivity index (χ3v) is 5.50. The lowest BCUT2D eigenvalue weighted by atomic mass is 10.0. The van der Waals surface area contributed by atoms with Crippen LogP contribution in [0.5, 0.6) is 0 Å². The molecule has 1 N–H and O–H groups in total. The number of carbonyl (C=O) groups excluding carboxylic acids is 2. The van der Waals surface area contributed by atoms with E-state index in [0.717, 1.165) is 27.9 Å². The molecular formula is C25H20N2O3S. The summed E-state index contributed by atoms with van der Waals surface area (Å²) >= 11 is 1.32. The second kappa shape index (κ2) is 9.36. The minimum absolute atomic E-state index is 0.367. The molecule has 31 heavy (non-hydrogen) atoms. The Labute approximate surface area is 184 Å². The number of carbonyl (C=O) groups is 2. The Morgan fingerprint density at radius 2 is 1.52 bits per heavy atom. The number of nitrogens with zero attached hydrogens (tertiary/aromatic N) is 1. The molecule has 1 aromatic heterocycles. The van der Waals surface area contributed by atoms with Crippen molar-refractivity contribution in [1.29, 1.82) is 0 Å². The first-order valence-corrected chi connectivity index (χ1v) is 10.6. The third-order valence-electron chi connectivity index (χ3n) is 4.74. The topological polar surface area (TPSA) is 68.3 Å². The molecule has 4 rings (SSSR count). The number of esters is 1. The smallest absolute Gasteiger partial charge is 0.338 e. The molecule has 1 amide bonds. The third kappa shape index (κ3) is 5.05. The molecule has 0 bridgehead atoms. The van der Waals surface area contributed by atoms with E-state index in [1.54, 1.807) is 12.1 Å². The normalized spacial score (nSPS) is 10.5. The first-order valence-electron chi connectivity index (χ1n) is 9.74. The summed E-state index contributed by atoms with van der Waals surface area (Å²) < 4.78 is 5.12. The standard InChI is InChI=1S/C25H20N2O3S/c1-17-7-5-6-10-21(17)24(29)30-15-23(28)27-25-26-22(16-31-25)20-13-11-19(12-14-20)18-8-3-2-4-9-18/h2-14,16H,15H2,1H3,(H,26,27,28). The molecule has 0 atom stereocenters. The van der Waals surface area contributed by atoms with Gasteiger partial charge >= 0.3 is 5.97 Å². The van der Waals surface area contributed by atoms with Crippen molar-refractivity contribution in [2.45, 2.75) is 6.92 Å². The van der Waals surface area contributed by atoms with Gasteiger partial charge in [-0.3, -0.25) is 10.1 Å². The predicted octanol–water partition coefficient (Wildman–Crippen LogP) is 5.58. The number of rotatable bonds is 6. The molecule has 0 fully saturated rings. The van der Waals surface area contributed by atoms with Gasteiger partial charge in [0.25, 0.3) is 5.91 Å². The molecule has 6 heteroatoms. The second-order valence-electron chi connectivity index (χ2n) is 6.92. The van der Waals surface area contributed by atoms with Crippen molar-refractivity contribution in [3.8, 4) is 22.4 Å².